The minimum absolute atomic E-state index is 0.632. The Bertz CT molecular complexity index is 855. The number of hydrogen-bond acceptors (Lipinski definition) is 3. The molecule has 92 valence electrons. The molecule has 5 heteroatoms. The van der Waals surface area contributed by atoms with E-state index in [9.17, 15) is 0 Å². The topological polar surface area (TPSA) is 54.5 Å². The fourth-order valence-corrected chi connectivity index (χ4v) is 2.45. The van der Waals surface area contributed by atoms with Crippen molar-refractivity contribution in [1.29, 1.82) is 5.26 Å². The Kier molecular flexibility index (Phi) is 2.69. The number of nitriles is 1. The van der Waals surface area contributed by atoms with Crippen LogP contribution in [-0.4, -0.2) is 14.8 Å². The maximum atomic E-state index is 8.56. The van der Waals surface area contributed by atoms with Gasteiger partial charge in [-0.2, -0.15) is 10.4 Å². The summed E-state index contributed by atoms with van der Waals surface area (Å²) in [6.45, 7) is 0. The first-order chi connectivity index (χ1) is 9.20. The summed E-state index contributed by atoms with van der Waals surface area (Å²) in [7, 11) is 1.83. The van der Waals surface area contributed by atoms with Crippen molar-refractivity contribution in [2.24, 2.45) is 7.05 Å². The maximum Gasteiger partial charge on any atom is 0.111 e. The number of allylic oxidation sites excluding steroid dienone is 1. The summed E-state index contributed by atoms with van der Waals surface area (Å²) in [6.07, 6.45) is 4.87. The zero-order valence-corrected chi connectivity index (χ0v) is 10.9. The van der Waals surface area contributed by atoms with Crippen LogP contribution in [0.3, 0.4) is 0 Å². The lowest BCUT2D eigenvalue weighted by Gasteiger charge is -2.04. The third-order valence-corrected chi connectivity index (χ3v) is 3.36. The number of benzene rings is 1. The fourth-order valence-electron chi connectivity index (χ4n) is 2.08. The molecule has 0 N–H and O–H groups in total. The van der Waals surface area contributed by atoms with E-state index in [1.165, 1.54) is 6.08 Å². The van der Waals surface area contributed by atoms with Gasteiger partial charge in [-0.1, -0.05) is 17.7 Å². The van der Waals surface area contributed by atoms with Crippen LogP contribution in [-0.2, 0) is 7.05 Å². The highest BCUT2D eigenvalue weighted by molar-refractivity contribution is 6.39. The Morgan fingerprint density at radius 3 is 3.00 bits per heavy atom. The van der Waals surface area contributed by atoms with E-state index in [4.69, 9.17) is 16.9 Å². The van der Waals surface area contributed by atoms with E-state index in [2.05, 4.69) is 10.1 Å². The minimum Gasteiger partial charge on any atom is -0.265 e. The molecule has 0 atom stereocenters. The molecule has 2 heterocycles. The van der Waals surface area contributed by atoms with Gasteiger partial charge >= 0.3 is 0 Å². The molecule has 2 aromatic heterocycles. The average molecular weight is 269 g/mol. The van der Waals surface area contributed by atoms with Gasteiger partial charge in [0.1, 0.15) is 11.0 Å². The number of fused-ring (bicyclic) bond motifs is 2. The smallest absolute Gasteiger partial charge is 0.111 e. The second-order valence-electron chi connectivity index (χ2n) is 4.17. The van der Waals surface area contributed by atoms with Crippen LogP contribution in [0.2, 0.25) is 5.02 Å². The van der Waals surface area contributed by atoms with Crippen LogP contribution in [0, 0.1) is 11.3 Å². The average Bonchev–Trinajstić information content (AvgIpc) is 2.78. The van der Waals surface area contributed by atoms with Crippen molar-refractivity contribution in [2.75, 3.05) is 0 Å². The van der Waals surface area contributed by atoms with E-state index in [-0.39, 0.29) is 0 Å². The van der Waals surface area contributed by atoms with Gasteiger partial charge < -0.3 is 0 Å². The van der Waals surface area contributed by atoms with Crippen molar-refractivity contribution in [3.63, 3.8) is 0 Å². The highest BCUT2D eigenvalue weighted by atomic mass is 35.5. The summed E-state index contributed by atoms with van der Waals surface area (Å²) in [5, 5.41) is 14.2. The molecular weight excluding hydrogens is 260 g/mol. The van der Waals surface area contributed by atoms with Gasteiger partial charge in [0.05, 0.1) is 22.8 Å². The number of aryl methyl sites for hydroxylation is 1. The molecule has 0 saturated carbocycles. The van der Waals surface area contributed by atoms with Crippen LogP contribution in [0.4, 0.5) is 0 Å². The third-order valence-electron chi connectivity index (χ3n) is 2.98. The summed E-state index contributed by atoms with van der Waals surface area (Å²) >= 11 is 6.44. The monoisotopic (exact) mass is 268 g/mol. The molecule has 0 aliphatic heterocycles. The molecule has 19 heavy (non-hydrogen) atoms. The lowest BCUT2D eigenvalue weighted by molar-refractivity contribution is 0.797. The van der Waals surface area contributed by atoms with Crippen LogP contribution in [0.5, 0.6) is 0 Å². The van der Waals surface area contributed by atoms with E-state index in [1.807, 2.05) is 31.3 Å². The van der Waals surface area contributed by atoms with Gasteiger partial charge in [0.25, 0.3) is 0 Å². The van der Waals surface area contributed by atoms with Gasteiger partial charge in [-0.05, 0) is 23.8 Å². The Balaban J connectivity index is 2.35. The number of aromatic nitrogens is 3. The van der Waals surface area contributed by atoms with Crippen molar-refractivity contribution in [3.8, 4) is 6.07 Å². The molecule has 0 saturated heterocycles. The summed E-state index contributed by atoms with van der Waals surface area (Å²) < 4.78 is 1.71. The number of hydrogen-bond donors (Lipinski definition) is 0. The molecule has 1 aromatic carbocycles. The predicted octanol–water partition coefficient (Wildman–Crippen LogP) is 3.31. The first-order valence-electron chi connectivity index (χ1n) is 5.68. The second kappa shape index (κ2) is 4.38. The zero-order chi connectivity index (χ0) is 13.4. The predicted molar refractivity (Wildman–Crippen MR) is 75.7 cm³/mol. The Morgan fingerprint density at radius 2 is 2.21 bits per heavy atom. The molecule has 0 fully saturated rings. The highest BCUT2D eigenvalue weighted by Crippen LogP contribution is 2.30. The number of pyridine rings is 1. The first-order valence-corrected chi connectivity index (χ1v) is 6.05. The summed E-state index contributed by atoms with van der Waals surface area (Å²) in [6, 6.07) is 7.69. The number of nitrogens with zero attached hydrogens (tertiary/aromatic N) is 4. The van der Waals surface area contributed by atoms with Gasteiger partial charge in [-0.3, -0.25) is 4.68 Å². The number of rotatable bonds is 1. The first kappa shape index (κ1) is 11.7. The van der Waals surface area contributed by atoms with Crippen molar-refractivity contribution >= 4 is 39.6 Å². The highest BCUT2D eigenvalue weighted by Gasteiger charge is 2.11. The molecule has 4 nitrogen and oxygen atoms in total. The molecule has 0 unspecified atom stereocenters. The van der Waals surface area contributed by atoms with Crippen molar-refractivity contribution in [3.05, 3.63) is 41.1 Å². The molecule has 0 spiro atoms. The van der Waals surface area contributed by atoms with Crippen LogP contribution < -0.4 is 0 Å². The lowest BCUT2D eigenvalue weighted by Crippen LogP contribution is -1.91. The standard InChI is InChI=1S/C14H9ClN4/c1-19-14-12(8-17-19)18-11-5-4-9(3-2-6-16)7-10(11)13(14)15/h2-5,7-8H,1H3/b3-2+. The van der Waals surface area contributed by atoms with Crippen LogP contribution in [0.15, 0.2) is 30.5 Å². The second-order valence-corrected chi connectivity index (χ2v) is 4.54. The van der Waals surface area contributed by atoms with E-state index >= 15 is 0 Å². The molecular formula is C14H9ClN4. The Morgan fingerprint density at radius 1 is 1.37 bits per heavy atom. The van der Waals surface area contributed by atoms with Gasteiger partial charge in [-0.25, -0.2) is 4.98 Å². The van der Waals surface area contributed by atoms with Gasteiger partial charge in [0.15, 0.2) is 0 Å². The molecule has 0 aliphatic rings. The summed E-state index contributed by atoms with van der Waals surface area (Å²) in [4.78, 5) is 4.52. The van der Waals surface area contributed by atoms with Gasteiger partial charge in [0, 0.05) is 18.5 Å². The van der Waals surface area contributed by atoms with E-state index < -0.39 is 0 Å². The van der Waals surface area contributed by atoms with E-state index in [1.54, 1.807) is 17.0 Å². The fraction of sp³-hybridized carbons (Fsp3) is 0.0714. The quantitative estimate of drug-likeness (QED) is 0.636. The van der Waals surface area contributed by atoms with Crippen LogP contribution >= 0.6 is 11.6 Å². The van der Waals surface area contributed by atoms with Gasteiger partial charge in [-0.15, -0.1) is 0 Å². The van der Waals surface area contributed by atoms with E-state index in [0.29, 0.717) is 5.02 Å². The summed E-state index contributed by atoms with van der Waals surface area (Å²) in [5.74, 6) is 0. The van der Waals surface area contributed by atoms with Gasteiger partial charge in [0.2, 0.25) is 0 Å². The molecule has 0 amide bonds. The van der Waals surface area contributed by atoms with Crippen molar-refractivity contribution < 1.29 is 0 Å². The largest absolute Gasteiger partial charge is 0.265 e. The van der Waals surface area contributed by atoms with Crippen molar-refractivity contribution in [1.82, 2.24) is 14.8 Å². The summed E-state index contributed by atoms with van der Waals surface area (Å²) in [5.41, 5.74) is 3.33. The molecule has 0 bridgehead atoms. The maximum absolute atomic E-state index is 8.56. The van der Waals surface area contributed by atoms with E-state index in [0.717, 1.165) is 27.5 Å². The molecule has 3 aromatic rings. The molecule has 3 rings (SSSR count). The SMILES string of the molecule is Cn1ncc2nc3ccc(/C=C/C#N)cc3c(Cl)c21. The Hall–Kier alpha value is -2.38. The lowest BCUT2D eigenvalue weighted by atomic mass is 10.1. The van der Waals surface area contributed by atoms with Crippen molar-refractivity contribution in [2.45, 2.75) is 0 Å². The normalized spacial score (nSPS) is 11.4. The number of halogens is 1. The molecule has 0 radical (unpaired) electrons. The zero-order valence-electron chi connectivity index (χ0n) is 10.1. The van der Waals surface area contributed by atoms with Crippen LogP contribution in [0.25, 0.3) is 28.0 Å². The minimum atomic E-state index is 0.632. The van der Waals surface area contributed by atoms with Crippen LogP contribution in [0.1, 0.15) is 5.56 Å². The third kappa shape index (κ3) is 1.85. The molecule has 0 aliphatic carbocycles. The Labute approximate surface area is 114 Å².